The summed E-state index contributed by atoms with van der Waals surface area (Å²) in [7, 11) is 1.63. The number of hydrogen-bond donors (Lipinski definition) is 1. The third kappa shape index (κ3) is 3.70. The summed E-state index contributed by atoms with van der Waals surface area (Å²) < 4.78 is 5.11. The number of rotatable bonds is 4. The number of nitrogens with zero attached hydrogens (tertiary/aromatic N) is 1. The molecule has 0 bridgehead atoms. The van der Waals surface area contributed by atoms with Crippen molar-refractivity contribution in [2.75, 3.05) is 20.2 Å². The fraction of sp³-hybridized carbons (Fsp3) is 0.533. The number of carbonyl (C=O) groups is 1. The molecule has 1 atom stereocenters. The van der Waals surface area contributed by atoms with Crippen LogP contribution in [0.5, 0.6) is 5.75 Å². The number of hydrogen-bond acceptors (Lipinski definition) is 3. The zero-order valence-corrected chi connectivity index (χ0v) is 11.5. The standard InChI is InChI=1S/C15H22N2O2/c1-19-13-7-5-12(6-8-13)14(16)11-15(18)17-9-3-2-4-10-17/h5-8,14H,2-4,9-11,16H2,1H3. The molecule has 1 amide bonds. The molecule has 0 saturated carbocycles. The Morgan fingerprint density at radius 3 is 2.47 bits per heavy atom. The zero-order chi connectivity index (χ0) is 13.7. The van der Waals surface area contributed by atoms with E-state index in [1.54, 1.807) is 7.11 Å². The second kappa shape index (κ2) is 6.57. The van der Waals surface area contributed by atoms with Crippen molar-refractivity contribution in [2.24, 2.45) is 5.73 Å². The van der Waals surface area contributed by atoms with E-state index < -0.39 is 0 Å². The van der Waals surface area contributed by atoms with Crippen molar-refractivity contribution in [1.29, 1.82) is 0 Å². The van der Waals surface area contributed by atoms with Crippen molar-refractivity contribution in [3.8, 4) is 5.75 Å². The monoisotopic (exact) mass is 262 g/mol. The van der Waals surface area contributed by atoms with E-state index in [1.807, 2.05) is 29.2 Å². The Balaban J connectivity index is 1.91. The molecule has 1 aliphatic rings. The van der Waals surface area contributed by atoms with Gasteiger partial charge in [0.2, 0.25) is 5.91 Å². The van der Waals surface area contributed by atoms with E-state index in [4.69, 9.17) is 10.5 Å². The lowest BCUT2D eigenvalue weighted by molar-refractivity contribution is -0.132. The summed E-state index contributed by atoms with van der Waals surface area (Å²) in [4.78, 5) is 14.1. The van der Waals surface area contributed by atoms with Gasteiger partial charge in [0.1, 0.15) is 5.75 Å². The lowest BCUT2D eigenvalue weighted by atomic mass is 10.0. The fourth-order valence-electron chi connectivity index (χ4n) is 2.43. The Morgan fingerprint density at radius 1 is 1.26 bits per heavy atom. The molecular formula is C15H22N2O2. The van der Waals surface area contributed by atoms with E-state index in [9.17, 15) is 4.79 Å². The van der Waals surface area contributed by atoms with Crippen molar-refractivity contribution in [3.63, 3.8) is 0 Å². The number of amides is 1. The zero-order valence-electron chi connectivity index (χ0n) is 11.5. The van der Waals surface area contributed by atoms with Crippen LogP contribution in [-0.2, 0) is 4.79 Å². The molecule has 0 aliphatic carbocycles. The molecule has 0 spiro atoms. The first-order valence-electron chi connectivity index (χ1n) is 6.88. The largest absolute Gasteiger partial charge is 0.497 e. The Labute approximate surface area is 114 Å². The molecule has 1 heterocycles. The predicted octanol–water partition coefficient (Wildman–Crippen LogP) is 2.10. The van der Waals surface area contributed by atoms with Crippen LogP contribution < -0.4 is 10.5 Å². The highest BCUT2D eigenvalue weighted by Gasteiger charge is 2.19. The van der Waals surface area contributed by atoms with Crippen LogP contribution in [0, 0.1) is 0 Å². The van der Waals surface area contributed by atoms with Gasteiger partial charge in [0, 0.05) is 25.6 Å². The highest BCUT2D eigenvalue weighted by atomic mass is 16.5. The molecule has 104 valence electrons. The molecule has 2 rings (SSSR count). The fourth-order valence-corrected chi connectivity index (χ4v) is 2.43. The minimum Gasteiger partial charge on any atom is -0.497 e. The molecule has 1 aromatic carbocycles. The number of piperidine rings is 1. The summed E-state index contributed by atoms with van der Waals surface area (Å²) in [5.41, 5.74) is 7.08. The summed E-state index contributed by atoms with van der Waals surface area (Å²) in [6.07, 6.45) is 3.84. The number of methoxy groups -OCH3 is 1. The first-order chi connectivity index (χ1) is 9.20. The van der Waals surface area contributed by atoms with E-state index in [0.717, 1.165) is 37.2 Å². The molecule has 1 aliphatic heterocycles. The van der Waals surface area contributed by atoms with E-state index in [0.29, 0.717) is 6.42 Å². The summed E-state index contributed by atoms with van der Waals surface area (Å²) in [5.74, 6) is 0.973. The van der Waals surface area contributed by atoms with Crippen molar-refractivity contribution in [1.82, 2.24) is 4.90 Å². The average molecular weight is 262 g/mol. The number of ether oxygens (including phenoxy) is 1. The van der Waals surface area contributed by atoms with Crippen LogP contribution in [0.1, 0.15) is 37.3 Å². The van der Waals surface area contributed by atoms with Crippen molar-refractivity contribution in [2.45, 2.75) is 31.7 Å². The van der Waals surface area contributed by atoms with Crippen LogP contribution in [0.2, 0.25) is 0 Å². The maximum atomic E-state index is 12.1. The van der Waals surface area contributed by atoms with Crippen molar-refractivity contribution >= 4 is 5.91 Å². The second-order valence-electron chi connectivity index (χ2n) is 5.03. The normalized spacial score (nSPS) is 17.1. The minimum atomic E-state index is -0.236. The van der Waals surface area contributed by atoms with E-state index in [1.165, 1.54) is 6.42 Å². The Hall–Kier alpha value is -1.55. The molecule has 4 heteroatoms. The van der Waals surface area contributed by atoms with Crippen LogP contribution in [0.25, 0.3) is 0 Å². The van der Waals surface area contributed by atoms with Gasteiger partial charge in [-0.15, -0.1) is 0 Å². The third-order valence-electron chi connectivity index (χ3n) is 3.65. The number of likely N-dealkylation sites (tertiary alicyclic amines) is 1. The lowest BCUT2D eigenvalue weighted by Gasteiger charge is -2.27. The molecule has 2 N–H and O–H groups in total. The lowest BCUT2D eigenvalue weighted by Crippen LogP contribution is -2.37. The molecule has 1 unspecified atom stereocenters. The van der Waals surface area contributed by atoms with Crippen LogP contribution in [0.4, 0.5) is 0 Å². The first kappa shape index (κ1) is 13.9. The minimum absolute atomic E-state index is 0.169. The van der Waals surface area contributed by atoms with Gasteiger partial charge in [-0.05, 0) is 37.0 Å². The molecule has 0 aromatic heterocycles. The van der Waals surface area contributed by atoms with E-state index in [2.05, 4.69) is 0 Å². The van der Waals surface area contributed by atoms with Crippen LogP contribution in [0.15, 0.2) is 24.3 Å². The van der Waals surface area contributed by atoms with Crippen LogP contribution in [0.3, 0.4) is 0 Å². The predicted molar refractivity (Wildman–Crippen MR) is 75.0 cm³/mol. The molecule has 1 saturated heterocycles. The van der Waals surface area contributed by atoms with Gasteiger partial charge in [-0.3, -0.25) is 4.79 Å². The number of nitrogens with two attached hydrogens (primary N) is 1. The molecule has 0 radical (unpaired) electrons. The van der Waals surface area contributed by atoms with Gasteiger partial charge < -0.3 is 15.4 Å². The Kier molecular flexibility index (Phi) is 4.80. The van der Waals surface area contributed by atoms with Gasteiger partial charge in [0.15, 0.2) is 0 Å². The summed E-state index contributed by atoms with van der Waals surface area (Å²) in [6, 6.07) is 7.36. The molecule has 1 aromatic rings. The Bertz CT molecular complexity index is 411. The van der Waals surface area contributed by atoms with Crippen LogP contribution in [-0.4, -0.2) is 31.0 Å². The van der Waals surface area contributed by atoms with Gasteiger partial charge >= 0.3 is 0 Å². The van der Waals surface area contributed by atoms with Crippen molar-refractivity contribution in [3.05, 3.63) is 29.8 Å². The quantitative estimate of drug-likeness (QED) is 0.904. The van der Waals surface area contributed by atoms with E-state index >= 15 is 0 Å². The van der Waals surface area contributed by atoms with E-state index in [-0.39, 0.29) is 11.9 Å². The number of carbonyl (C=O) groups excluding carboxylic acids is 1. The molecule has 4 nitrogen and oxygen atoms in total. The maximum absolute atomic E-state index is 12.1. The molecular weight excluding hydrogens is 240 g/mol. The first-order valence-corrected chi connectivity index (χ1v) is 6.88. The van der Waals surface area contributed by atoms with Gasteiger partial charge in [0.05, 0.1) is 7.11 Å². The highest BCUT2D eigenvalue weighted by Crippen LogP contribution is 2.20. The average Bonchev–Trinajstić information content (AvgIpc) is 2.48. The molecule has 1 fully saturated rings. The van der Waals surface area contributed by atoms with Crippen molar-refractivity contribution < 1.29 is 9.53 Å². The van der Waals surface area contributed by atoms with Gasteiger partial charge in [-0.25, -0.2) is 0 Å². The van der Waals surface area contributed by atoms with Gasteiger partial charge in [-0.2, -0.15) is 0 Å². The number of benzene rings is 1. The SMILES string of the molecule is COc1ccc(C(N)CC(=O)N2CCCCC2)cc1. The second-order valence-corrected chi connectivity index (χ2v) is 5.03. The smallest absolute Gasteiger partial charge is 0.224 e. The Morgan fingerprint density at radius 2 is 1.89 bits per heavy atom. The maximum Gasteiger partial charge on any atom is 0.224 e. The van der Waals surface area contributed by atoms with Gasteiger partial charge in [-0.1, -0.05) is 12.1 Å². The topological polar surface area (TPSA) is 55.6 Å². The summed E-state index contributed by atoms with van der Waals surface area (Å²) in [6.45, 7) is 1.77. The third-order valence-corrected chi connectivity index (χ3v) is 3.65. The highest BCUT2D eigenvalue weighted by molar-refractivity contribution is 5.77. The van der Waals surface area contributed by atoms with Crippen LogP contribution >= 0.6 is 0 Å². The molecule has 19 heavy (non-hydrogen) atoms. The summed E-state index contributed by atoms with van der Waals surface area (Å²) >= 11 is 0. The van der Waals surface area contributed by atoms with Gasteiger partial charge in [0.25, 0.3) is 0 Å². The summed E-state index contributed by atoms with van der Waals surface area (Å²) in [5, 5.41) is 0.